The Kier molecular flexibility index (Phi) is 6.67. The first-order chi connectivity index (χ1) is 10.8. The third-order valence-electron chi connectivity index (χ3n) is 4.90. The summed E-state index contributed by atoms with van der Waals surface area (Å²) in [6.45, 7) is 4.95. The molecule has 0 amide bonds. The summed E-state index contributed by atoms with van der Waals surface area (Å²) in [5.41, 5.74) is 2.58. The van der Waals surface area contributed by atoms with Crippen molar-refractivity contribution in [2.75, 3.05) is 38.1 Å². The molecule has 0 bridgehead atoms. The van der Waals surface area contributed by atoms with Crippen molar-refractivity contribution in [2.45, 2.75) is 19.3 Å². The van der Waals surface area contributed by atoms with E-state index >= 15 is 0 Å². The van der Waals surface area contributed by atoms with Gasteiger partial charge >= 0.3 is 0 Å². The maximum Gasteiger partial charge on any atom is 0.0967 e. The van der Waals surface area contributed by atoms with Crippen LogP contribution in [0.15, 0.2) is 60.7 Å². The minimum atomic E-state index is 0. The van der Waals surface area contributed by atoms with Crippen molar-refractivity contribution in [3.8, 4) is 0 Å². The van der Waals surface area contributed by atoms with E-state index in [0.717, 1.165) is 6.54 Å². The van der Waals surface area contributed by atoms with Crippen LogP contribution in [0.1, 0.15) is 19.3 Å². The first-order valence-electron chi connectivity index (χ1n) is 8.48. The lowest BCUT2D eigenvalue weighted by molar-refractivity contribution is -0.912. The number of quaternary nitrogens is 1. The molecule has 0 saturated carbocycles. The lowest BCUT2D eigenvalue weighted by atomic mass is 10.1. The average molecular weight is 375 g/mol. The molecular weight excluding hydrogens is 348 g/mol. The largest absolute Gasteiger partial charge is 1.00 e. The van der Waals surface area contributed by atoms with Crippen LogP contribution in [0.25, 0.3) is 0 Å². The zero-order chi connectivity index (χ0) is 15.3. The molecule has 1 heterocycles. The summed E-state index contributed by atoms with van der Waals surface area (Å²) >= 11 is 0. The summed E-state index contributed by atoms with van der Waals surface area (Å²) in [6, 6.07) is 21.5. The van der Waals surface area contributed by atoms with Gasteiger partial charge in [0.2, 0.25) is 0 Å². The standard InChI is InChI=1S/C20H27N2.BrH/c1-22(16-9-4-10-17-22)18-15-21(19-11-5-2-6-12-19)20-13-7-3-8-14-20;/h2-3,5-8,11-14H,4,9-10,15-18H2,1H3;1H/q+1;/p-1. The van der Waals surface area contributed by atoms with E-state index in [0.29, 0.717) is 0 Å². The van der Waals surface area contributed by atoms with Crippen LogP contribution in [0, 0.1) is 0 Å². The summed E-state index contributed by atoms with van der Waals surface area (Å²) in [4.78, 5) is 2.46. The van der Waals surface area contributed by atoms with Crippen molar-refractivity contribution in [3.63, 3.8) is 0 Å². The van der Waals surface area contributed by atoms with E-state index in [4.69, 9.17) is 0 Å². The molecule has 0 aromatic heterocycles. The number of rotatable bonds is 5. The fourth-order valence-electron chi connectivity index (χ4n) is 3.46. The third-order valence-corrected chi connectivity index (χ3v) is 4.90. The molecule has 2 aromatic rings. The number of para-hydroxylation sites is 2. The Labute approximate surface area is 151 Å². The normalized spacial score (nSPS) is 16.4. The van der Waals surface area contributed by atoms with Crippen LogP contribution in [0.4, 0.5) is 11.4 Å². The molecule has 0 aliphatic carbocycles. The molecular formula is C20H27BrN2. The quantitative estimate of drug-likeness (QED) is 0.716. The van der Waals surface area contributed by atoms with Crippen molar-refractivity contribution >= 4 is 11.4 Å². The third kappa shape index (κ3) is 4.82. The van der Waals surface area contributed by atoms with E-state index in [1.165, 1.54) is 54.8 Å². The number of piperidine rings is 1. The average Bonchev–Trinajstić information content (AvgIpc) is 2.58. The lowest BCUT2D eigenvalue weighted by Crippen LogP contribution is -3.00. The number of anilines is 2. The molecule has 0 N–H and O–H groups in total. The number of benzene rings is 2. The summed E-state index contributed by atoms with van der Waals surface area (Å²) in [6.07, 6.45) is 4.18. The first kappa shape index (κ1) is 18.0. The fraction of sp³-hybridized carbons (Fsp3) is 0.400. The lowest BCUT2D eigenvalue weighted by Gasteiger charge is -2.39. The highest BCUT2D eigenvalue weighted by Crippen LogP contribution is 2.25. The maximum atomic E-state index is 2.46. The van der Waals surface area contributed by atoms with E-state index in [9.17, 15) is 0 Å². The molecule has 23 heavy (non-hydrogen) atoms. The minimum absolute atomic E-state index is 0. The van der Waals surface area contributed by atoms with Crippen LogP contribution in [0.3, 0.4) is 0 Å². The van der Waals surface area contributed by atoms with Gasteiger partial charge in [0.05, 0.1) is 33.2 Å². The highest BCUT2D eigenvalue weighted by Gasteiger charge is 2.25. The van der Waals surface area contributed by atoms with Gasteiger partial charge in [-0.1, -0.05) is 36.4 Å². The molecule has 3 heteroatoms. The van der Waals surface area contributed by atoms with E-state index < -0.39 is 0 Å². The maximum absolute atomic E-state index is 2.46. The van der Waals surface area contributed by atoms with Crippen LogP contribution in [-0.2, 0) is 0 Å². The SMILES string of the molecule is C[N+]1(CCN(c2ccccc2)c2ccccc2)CCCCC1.[Br-]. The van der Waals surface area contributed by atoms with Gasteiger partial charge in [0, 0.05) is 11.4 Å². The number of hydrogen-bond donors (Lipinski definition) is 0. The van der Waals surface area contributed by atoms with Gasteiger partial charge in [0.15, 0.2) is 0 Å². The number of likely N-dealkylation sites (tertiary alicyclic amines) is 1. The number of nitrogens with zero attached hydrogens (tertiary/aromatic N) is 2. The summed E-state index contributed by atoms with van der Waals surface area (Å²) in [5.74, 6) is 0. The molecule has 0 radical (unpaired) electrons. The van der Waals surface area contributed by atoms with Crippen LogP contribution < -0.4 is 21.9 Å². The molecule has 1 aliphatic heterocycles. The highest BCUT2D eigenvalue weighted by molar-refractivity contribution is 5.62. The Morgan fingerprint density at radius 1 is 0.783 bits per heavy atom. The number of hydrogen-bond acceptors (Lipinski definition) is 1. The van der Waals surface area contributed by atoms with Crippen LogP contribution in [0.5, 0.6) is 0 Å². The summed E-state index contributed by atoms with van der Waals surface area (Å²) in [7, 11) is 2.42. The van der Waals surface area contributed by atoms with Gasteiger partial charge in [-0.05, 0) is 43.5 Å². The number of likely N-dealkylation sites (N-methyl/N-ethyl adjacent to an activating group) is 1. The second-order valence-corrected chi connectivity index (χ2v) is 6.67. The van der Waals surface area contributed by atoms with Crippen molar-refractivity contribution in [3.05, 3.63) is 60.7 Å². The first-order valence-corrected chi connectivity index (χ1v) is 8.48. The van der Waals surface area contributed by atoms with Crippen molar-refractivity contribution < 1.29 is 21.5 Å². The molecule has 124 valence electrons. The summed E-state index contributed by atoms with van der Waals surface area (Å²) < 4.78 is 1.22. The predicted octanol–water partition coefficient (Wildman–Crippen LogP) is 1.46. The molecule has 0 spiro atoms. The predicted molar refractivity (Wildman–Crippen MR) is 94.5 cm³/mol. The smallest absolute Gasteiger partial charge is 0.0967 e. The topological polar surface area (TPSA) is 3.24 Å². The highest BCUT2D eigenvalue weighted by atomic mass is 79.9. The molecule has 0 unspecified atom stereocenters. The van der Waals surface area contributed by atoms with E-state index in [-0.39, 0.29) is 17.0 Å². The van der Waals surface area contributed by atoms with Gasteiger partial charge in [-0.3, -0.25) is 0 Å². The fourth-order valence-corrected chi connectivity index (χ4v) is 3.46. The minimum Gasteiger partial charge on any atom is -1.00 e. The van der Waals surface area contributed by atoms with Crippen LogP contribution >= 0.6 is 0 Å². The Morgan fingerprint density at radius 2 is 1.26 bits per heavy atom. The molecule has 1 aliphatic rings. The Bertz CT molecular complexity index is 525. The zero-order valence-electron chi connectivity index (χ0n) is 14.0. The molecule has 0 atom stereocenters. The van der Waals surface area contributed by atoms with Crippen molar-refractivity contribution in [1.82, 2.24) is 0 Å². The van der Waals surface area contributed by atoms with Crippen LogP contribution in [0.2, 0.25) is 0 Å². The van der Waals surface area contributed by atoms with Gasteiger partial charge < -0.3 is 26.4 Å². The molecule has 2 aromatic carbocycles. The van der Waals surface area contributed by atoms with Crippen molar-refractivity contribution in [2.24, 2.45) is 0 Å². The van der Waals surface area contributed by atoms with Gasteiger partial charge in [-0.15, -0.1) is 0 Å². The Hall–Kier alpha value is -1.32. The monoisotopic (exact) mass is 374 g/mol. The second kappa shape index (κ2) is 8.51. The van der Waals surface area contributed by atoms with Gasteiger partial charge in [-0.2, -0.15) is 0 Å². The second-order valence-electron chi connectivity index (χ2n) is 6.67. The van der Waals surface area contributed by atoms with Gasteiger partial charge in [0.1, 0.15) is 0 Å². The molecule has 1 saturated heterocycles. The molecule has 3 rings (SSSR count). The zero-order valence-corrected chi connectivity index (χ0v) is 15.6. The number of halogens is 1. The van der Waals surface area contributed by atoms with E-state index in [2.05, 4.69) is 72.6 Å². The molecule has 1 fully saturated rings. The Morgan fingerprint density at radius 3 is 1.74 bits per heavy atom. The Balaban J connectivity index is 0.00000192. The molecule has 2 nitrogen and oxygen atoms in total. The van der Waals surface area contributed by atoms with Gasteiger partial charge in [-0.25, -0.2) is 0 Å². The summed E-state index contributed by atoms with van der Waals surface area (Å²) in [5, 5.41) is 0. The van der Waals surface area contributed by atoms with Gasteiger partial charge in [0.25, 0.3) is 0 Å². The van der Waals surface area contributed by atoms with Crippen LogP contribution in [-0.4, -0.2) is 37.7 Å². The van der Waals surface area contributed by atoms with E-state index in [1.807, 2.05) is 0 Å². The van der Waals surface area contributed by atoms with E-state index in [1.54, 1.807) is 0 Å². The van der Waals surface area contributed by atoms with Crippen molar-refractivity contribution in [1.29, 1.82) is 0 Å².